The molecular weight excluding hydrogens is 245 g/mol. The zero-order valence-corrected chi connectivity index (χ0v) is 10.0. The van der Waals surface area contributed by atoms with Crippen LogP contribution in [0.1, 0.15) is 19.0 Å². The van der Waals surface area contributed by atoms with Crippen molar-refractivity contribution in [3.8, 4) is 0 Å². The van der Waals surface area contributed by atoms with Gasteiger partial charge in [-0.2, -0.15) is 13.2 Å². The van der Waals surface area contributed by atoms with Crippen molar-refractivity contribution in [1.29, 1.82) is 0 Å². The molecule has 100 valence electrons. The maximum absolute atomic E-state index is 12.6. The monoisotopic (exact) mass is 260 g/mol. The standard InChI is InChI=1S/C11H15F3N4/c1-2-5-18(8-6-15-7-8)10-16-4-3-9(17-10)11(12,13)14/h3-4,8,15H,2,5-7H2,1H3. The molecule has 1 N–H and O–H groups in total. The summed E-state index contributed by atoms with van der Waals surface area (Å²) < 4.78 is 37.8. The number of rotatable bonds is 4. The fourth-order valence-electron chi connectivity index (χ4n) is 1.83. The van der Waals surface area contributed by atoms with E-state index in [9.17, 15) is 13.2 Å². The molecule has 4 nitrogen and oxygen atoms in total. The molecule has 0 spiro atoms. The largest absolute Gasteiger partial charge is 0.433 e. The Morgan fingerprint density at radius 2 is 2.17 bits per heavy atom. The second-order valence-corrected chi connectivity index (χ2v) is 4.25. The highest BCUT2D eigenvalue weighted by atomic mass is 19.4. The fourth-order valence-corrected chi connectivity index (χ4v) is 1.83. The molecule has 0 aliphatic carbocycles. The molecule has 0 amide bonds. The first-order valence-corrected chi connectivity index (χ1v) is 5.90. The summed E-state index contributed by atoms with van der Waals surface area (Å²) in [5.74, 6) is 0.165. The average molecular weight is 260 g/mol. The first-order chi connectivity index (χ1) is 8.52. The minimum absolute atomic E-state index is 0.165. The van der Waals surface area contributed by atoms with E-state index in [0.717, 1.165) is 25.6 Å². The van der Waals surface area contributed by atoms with Crippen LogP contribution in [0.5, 0.6) is 0 Å². The number of hydrogen-bond acceptors (Lipinski definition) is 4. The Kier molecular flexibility index (Phi) is 3.70. The van der Waals surface area contributed by atoms with Crippen molar-refractivity contribution in [2.24, 2.45) is 0 Å². The summed E-state index contributed by atoms with van der Waals surface area (Å²) in [7, 11) is 0. The highest BCUT2D eigenvalue weighted by Crippen LogP contribution is 2.28. The molecular formula is C11H15F3N4. The van der Waals surface area contributed by atoms with Gasteiger partial charge in [-0.25, -0.2) is 9.97 Å². The van der Waals surface area contributed by atoms with Crippen molar-refractivity contribution >= 4 is 5.95 Å². The Bertz CT molecular complexity index is 404. The molecule has 18 heavy (non-hydrogen) atoms. The molecule has 0 bridgehead atoms. The second kappa shape index (κ2) is 5.09. The topological polar surface area (TPSA) is 41.1 Å². The Labute approximate surface area is 103 Å². The van der Waals surface area contributed by atoms with Crippen LogP contribution in [0.15, 0.2) is 12.3 Å². The molecule has 1 aromatic heterocycles. The van der Waals surface area contributed by atoms with E-state index in [1.807, 2.05) is 11.8 Å². The van der Waals surface area contributed by atoms with E-state index in [0.29, 0.717) is 6.54 Å². The quantitative estimate of drug-likeness (QED) is 0.894. The normalized spacial score (nSPS) is 16.4. The van der Waals surface area contributed by atoms with E-state index in [1.54, 1.807) is 0 Å². The molecule has 0 unspecified atom stereocenters. The maximum atomic E-state index is 12.6. The molecule has 1 saturated heterocycles. The van der Waals surface area contributed by atoms with E-state index in [2.05, 4.69) is 15.3 Å². The van der Waals surface area contributed by atoms with Gasteiger partial charge in [-0.1, -0.05) is 6.92 Å². The fraction of sp³-hybridized carbons (Fsp3) is 0.636. The molecule has 0 aromatic carbocycles. The minimum atomic E-state index is -4.42. The van der Waals surface area contributed by atoms with Crippen LogP contribution in [0.3, 0.4) is 0 Å². The zero-order chi connectivity index (χ0) is 13.2. The predicted molar refractivity (Wildman–Crippen MR) is 61.3 cm³/mol. The van der Waals surface area contributed by atoms with Gasteiger partial charge < -0.3 is 10.2 Å². The van der Waals surface area contributed by atoms with Crippen LogP contribution in [-0.2, 0) is 6.18 Å². The van der Waals surface area contributed by atoms with Gasteiger partial charge in [0.2, 0.25) is 5.95 Å². The average Bonchev–Trinajstić information content (AvgIpc) is 2.25. The van der Waals surface area contributed by atoms with E-state index in [-0.39, 0.29) is 12.0 Å². The second-order valence-electron chi connectivity index (χ2n) is 4.25. The van der Waals surface area contributed by atoms with Crippen molar-refractivity contribution in [1.82, 2.24) is 15.3 Å². The van der Waals surface area contributed by atoms with Gasteiger partial charge in [-0.15, -0.1) is 0 Å². The van der Waals surface area contributed by atoms with Crippen LogP contribution in [0, 0.1) is 0 Å². The van der Waals surface area contributed by atoms with Crippen molar-refractivity contribution in [3.63, 3.8) is 0 Å². The van der Waals surface area contributed by atoms with E-state index in [1.165, 1.54) is 6.20 Å². The lowest BCUT2D eigenvalue weighted by atomic mass is 10.1. The Balaban J connectivity index is 2.24. The third kappa shape index (κ3) is 2.72. The number of alkyl halides is 3. The lowest BCUT2D eigenvalue weighted by Crippen LogP contribution is -2.58. The lowest BCUT2D eigenvalue weighted by Gasteiger charge is -2.38. The third-order valence-corrected chi connectivity index (χ3v) is 2.86. The molecule has 1 fully saturated rings. The highest BCUT2D eigenvalue weighted by molar-refractivity contribution is 5.34. The Morgan fingerprint density at radius 3 is 2.67 bits per heavy atom. The van der Waals surface area contributed by atoms with Crippen LogP contribution < -0.4 is 10.2 Å². The van der Waals surface area contributed by atoms with Crippen LogP contribution in [0.4, 0.5) is 19.1 Å². The predicted octanol–water partition coefficient (Wildman–Crippen LogP) is 1.68. The van der Waals surface area contributed by atoms with Crippen molar-refractivity contribution in [3.05, 3.63) is 18.0 Å². The minimum Gasteiger partial charge on any atom is -0.335 e. The van der Waals surface area contributed by atoms with Gasteiger partial charge in [0.1, 0.15) is 5.69 Å². The Hall–Kier alpha value is -1.37. The SMILES string of the molecule is CCCN(c1nccc(C(F)(F)F)n1)C1CNC1. The smallest absolute Gasteiger partial charge is 0.335 e. The van der Waals surface area contributed by atoms with Gasteiger partial charge in [0.15, 0.2) is 0 Å². The van der Waals surface area contributed by atoms with Gasteiger partial charge in [0, 0.05) is 25.8 Å². The van der Waals surface area contributed by atoms with E-state index in [4.69, 9.17) is 0 Å². The highest BCUT2D eigenvalue weighted by Gasteiger charge is 2.34. The summed E-state index contributed by atoms with van der Waals surface area (Å²) >= 11 is 0. The molecule has 7 heteroatoms. The summed E-state index contributed by atoms with van der Waals surface area (Å²) in [5.41, 5.74) is -0.888. The molecule has 2 heterocycles. The number of nitrogens with zero attached hydrogens (tertiary/aromatic N) is 3. The van der Waals surface area contributed by atoms with Crippen molar-refractivity contribution < 1.29 is 13.2 Å². The molecule has 0 radical (unpaired) electrons. The molecule has 0 atom stereocenters. The van der Waals surface area contributed by atoms with Gasteiger partial charge >= 0.3 is 6.18 Å². The summed E-state index contributed by atoms with van der Waals surface area (Å²) in [6.45, 7) is 4.17. The molecule has 1 aliphatic rings. The van der Waals surface area contributed by atoms with Gasteiger partial charge in [-0.05, 0) is 12.5 Å². The number of aromatic nitrogens is 2. The number of anilines is 1. The summed E-state index contributed by atoms with van der Waals surface area (Å²) in [6.07, 6.45) is -2.41. The Morgan fingerprint density at radius 1 is 1.44 bits per heavy atom. The van der Waals surface area contributed by atoms with Crippen LogP contribution in [0.25, 0.3) is 0 Å². The first-order valence-electron chi connectivity index (χ1n) is 5.90. The van der Waals surface area contributed by atoms with E-state index < -0.39 is 11.9 Å². The third-order valence-electron chi connectivity index (χ3n) is 2.86. The molecule has 1 aliphatic heterocycles. The van der Waals surface area contributed by atoms with Crippen LogP contribution >= 0.6 is 0 Å². The zero-order valence-electron chi connectivity index (χ0n) is 10.0. The van der Waals surface area contributed by atoms with Gasteiger partial charge in [0.25, 0.3) is 0 Å². The molecule has 2 rings (SSSR count). The van der Waals surface area contributed by atoms with Crippen LogP contribution in [-0.4, -0.2) is 35.6 Å². The number of hydrogen-bond donors (Lipinski definition) is 1. The maximum Gasteiger partial charge on any atom is 0.433 e. The molecule has 0 saturated carbocycles. The van der Waals surface area contributed by atoms with Crippen LogP contribution in [0.2, 0.25) is 0 Å². The summed E-state index contributed by atoms with van der Waals surface area (Å²) in [4.78, 5) is 9.43. The molecule has 1 aromatic rings. The van der Waals surface area contributed by atoms with Crippen molar-refractivity contribution in [2.75, 3.05) is 24.5 Å². The van der Waals surface area contributed by atoms with Gasteiger partial charge in [0.05, 0.1) is 6.04 Å². The number of nitrogens with one attached hydrogen (secondary N) is 1. The number of halogens is 3. The first kappa shape index (κ1) is 13.1. The van der Waals surface area contributed by atoms with E-state index >= 15 is 0 Å². The lowest BCUT2D eigenvalue weighted by molar-refractivity contribution is -0.141. The van der Waals surface area contributed by atoms with Crippen molar-refractivity contribution in [2.45, 2.75) is 25.6 Å². The summed E-state index contributed by atoms with van der Waals surface area (Å²) in [6, 6.07) is 1.08. The summed E-state index contributed by atoms with van der Waals surface area (Å²) in [5, 5.41) is 3.10. The van der Waals surface area contributed by atoms with Gasteiger partial charge in [-0.3, -0.25) is 0 Å².